The minimum atomic E-state index is 0.00428. The van der Waals surface area contributed by atoms with Crippen molar-refractivity contribution in [3.63, 3.8) is 0 Å². The number of aliphatic hydroxyl groups excluding tert-OH is 1. The number of hydrogen-bond donors (Lipinski definition) is 1. The van der Waals surface area contributed by atoms with Crippen LogP contribution in [0.25, 0.3) is 0 Å². The van der Waals surface area contributed by atoms with Crippen LogP contribution in [0.3, 0.4) is 0 Å². The van der Waals surface area contributed by atoms with Crippen molar-refractivity contribution in [2.75, 3.05) is 11.4 Å². The Morgan fingerprint density at radius 3 is 2.63 bits per heavy atom. The monoisotopic (exact) mass is 282 g/mol. The second-order valence-corrected chi connectivity index (χ2v) is 7.49. The van der Waals surface area contributed by atoms with Crippen molar-refractivity contribution in [1.82, 2.24) is 4.98 Å². The van der Waals surface area contributed by atoms with E-state index in [0.29, 0.717) is 6.04 Å². The Kier molecular flexibility index (Phi) is 4.51. The molecule has 0 aromatic carbocycles. The highest BCUT2D eigenvalue weighted by Gasteiger charge is 2.28. The SMILES string of the molecule is CCC1CCCCN1c1nc(C(C)(C)C)c(CO)s1. The second kappa shape index (κ2) is 5.80. The zero-order valence-corrected chi connectivity index (χ0v) is 13.4. The molecule has 1 aromatic heterocycles. The van der Waals surface area contributed by atoms with Gasteiger partial charge in [0.25, 0.3) is 0 Å². The van der Waals surface area contributed by atoms with Gasteiger partial charge in [-0.05, 0) is 25.7 Å². The number of aromatic nitrogens is 1. The molecule has 0 bridgehead atoms. The fraction of sp³-hybridized carbons (Fsp3) is 0.800. The molecular formula is C15H26N2OS. The molecule has 108 valence electrons. The highest BCUT2D eigenvalue weighted by atomic mass is 32.1. The van der Waals surface area contributed by atoms with Crippen LogP contribution in [0, 0.1) is 0 Å². The van der Waals surface area contributed by atoms with E-state index < -0.39 is 0 Å². The standard InChI is InChI=1S/C15H26N2OS/c1-5-11-8-6-7-9-17(11)14-16-13(15(2,3)4)12(10-18)19-14/h11,18H,5-10H2,1-4H3. The first-order chi connectivity index (χ1) is 8.97. The van der Waals surface area contributed by atoms with E-state index in [1.807, 2.05) is 0 Å². The maximum atomic E-state index is 9.57. The van der Waals surface area contributed by atoms with E-state index in [1.54, 1.807) is 11.3 Å². The van der Waals surface area contributed by atoms with Gasteiger partial charge in [0.1, 0.15) is 0 Å². The maximum Gasteiger partial charge on any atom is 0.186 e. The van der Waals surface area contributed by atoms with E-state index in [-0.39, 0.29) is 12.0 Å². The molecule has 0 saturated carbocycles. The molecule has 1 fully saturated rings. The van der Waals surface area contributed by atoms with Gasteiger partial charge in [0.05, 0.1) is 17.2 Å². The van der Waals surface area contributed by atoms with Crippen molar-refractivity contribution in [1.29, 1.82) is 0 Å². The zero-order chi connectivity index (χ0) is 14.0. The van der Waals surface area contributed by atoms with E-state index in [1.165, 1.54) is 25.7 Å². The molecule has 1 N–H and O–H groups in total. The van der Waals surface area contributed by atoms with Gasteiger partial charge in [0.15, 0.2) is 5.13 Å². The van der Waals surface area contributed by atoms with Gasteiger partial charge in [-0.25, -0.2) is 4.98 Å². The summed E-state index contributed by atoms with van der Waals surface area (Å²) in [5, 5.41) is 10.7. The lowest BCUT2D eigenvalue weighted by molar-refractivity contribution is 0.282. The lowest BCUT2D eigenvalue weighted by atomic mass is 9.91. The lowest BCUT2D eigenvalue weighted by Gasteiger charge is -2.35. The van der Waals surface area contributed by atoms with Crippen LogP contribution >= 0.6 is 11.3 Å². The van der Waals surface area contributed by atoms with Gasteiger partial charge >= 0.3 is 0 Å². The summed E-state index contributed by atoms with van der Waals surface area (Å²) in [4.78, 5) is 8.35. The lowest BCUT2D eigenvalue weighted by Crippen LogP contribution is -2.39. The van der Waals surface area contributed by atoms with Crippen molar-refractivity contribution in [2.45, 2.75) is 71.4 Å². The van der Waals surface area contributed by atoms with Gasteiger partial charge in [-0.2, -0.15) is 0 Å². The molecule has 0 spiro atoms. The van der Waals surface area contributed by atoms with Crippen LogP contribution in [0.4, 0.5) is 5.13 Å². The number of aliphatic hydroxyl groups is 1. The number of nitrogens with zero attached hydrogens (tertiary/aromatic N) is 2. The van der Waals surface area contributed by atoms with Gasteiger partial charge in [0.2, 0.25) is 0 Å². The average molecular weight is 282 g/mol. The third-order valence-electron chi connectivity index (χ3n) is 3.88. The third kappa shape index (κ3) is 3.11. The summed E-state index contributed by atoms with van der Waals surface area (Å²) in [6, 6.07) is 0.624. The Hall–Kier alpha value is -0.610. The molecule has 1 aliphatic heterocycles. The van der Waals surface area contributed by atoms with E-state index in [9.17, 15) is 5.11 Å². The predicted octanol–water partition coefficient (Wildman–Crippen LogP) is 3.70. The van der Waals surface area contributed by atoms with Crippen LogP contribution in [0.15, 0.2) is 0 Å². The zero-order valence-electron chi connectivity index (χ0n) is 12.6. The Morgan fingerprint density at radius 2 is 2.11 bits per heavy atom. The van der Waals surface area contributed by atoms with Crippen LogP contribution in [0.5, 0.6) is 0 Å². The normalized spacial score (nSPS) is 20.9. The number of rotatable bonds is 3. The predicted molar refractivity (Wildman–Crippen MR) is 82.0 cm³/mol. The fourth-order valence-corrected chi connectivity index (χ4v) is 4.06. The van der Waals surface area contributed by atoms with Crippen molar-refractivity contribution < 1.29 is 5.11 Å². The molecule has 1 saturated heterocycles. The molecule has 0 radical (unpaired) electrons. The highest BCUT2D eigenvalue weighted by molar-refractivity contribution is 7.15. The molecule has 19 heavy (non-hydrogen) atoms. The molecule has 3 nitrogen and oxygen atoms in total. The van der Waals surface area contributed by atoms with Gasteiger partial charge in [-0.1, -0.05) is 39.0 Å². The summed E-state index contributed by atoms with van der Waals surface area (Å²) in [6.45, 7) is 9.97. The van der Waals surface area contributed by atoms with Crippen LogP contribution in [-0.2, 0) is 12.0 Å². The Bertz CT molecular complexity index is 422. The summed E-state index contributed by atoms with van der Waals surface area (Å²) >= 11 is 1.68. The second-order valence-electron chi connectivity index (χ2n) is 6.43. The molecular weight excluding hydrogens is 256 g/mol. The number of piperidine rings is 1. The van der Waals surface area contributed by atoms with Gasteiger partial charge in [0, 0.05) is 18.0 Å². The van der Waals surface area contributed by atoms with Crippen LogP contribution in [-0.4, -0.2) is 22.7 Å². The quantitative estimate of drug-likeness (QED) is 0.918. The molecule has 1 aromatic rings. The first kappa shape index (κ1) is 14.8. The Morgan fingerprint density at radius 1 is 1.37 bits per heavy atom. The first-order valence-corrected chi connectivity index (χ1v) is 8.16. The Balaban J connectivity index is 2.32. The summed E-state index contributed by atoms with van der Waals surface area (Å²) in [7, 11) is 0. The summed E-state index contributed by atoms with van der Waals surface area (Å²) in [5.74, 6) is 0. The summed E-state index contributed by atoms with van der Waals surface area (Å²) in [5.41, 5.74) is 1.07. The molecule has 2 heterocycles. The molecule has 1 aliphatic rings. The largest absolute Gasteiger partial charge is 0.391 e. The van der Waals surface area contributed by atoms with Crippen LogP contribution < -0.4 is 4.90 Å². The molecule has 2 rings (SSSR count). The minimum Gasteiger partial charge on any atom is -0.391 e. The molecule has 0 aliphatic carbocycles. The number of hydrogen-bond acceptors (Lipinski definition) is 4. The van der Waals surface area contributed by atoms with Gasteiger partial charge in [-0.15, -0.1) is 0 Å². The van der Waals surface area contributed by atoms with Gasteiger partial charge < -0.3 is 10.0 Å². The topological polar surface area (TPSA) is 36.4 Å². The highest BCUT2D eigenvalue weighted by Crippen LogP contribution is 2.36. The molecule has 1 atom stereocenters. The van der Waals surface area contributed by atoms with Crippen LogP contribution in [0.1, 0.15) is 63.9 Å². The van der Waals surface area contributed by atoms with Crippen molar-refractivity contribution >= 4 is 16.5 Å². The minimum absolute atomic E-state index is 0.00428. The summed E-state index contributed by atoms with van der Waals surface area (Å²) < 4.78 is 0. The fourth-order valence-electron chi connectivity index (χ4n) is 2.83. The smallest absolute Gasteiger partial charge is 0.186 e. The van der Waals surface area contributed by atoms with E-state index in [0.717, 1.165) is 22.2 Å². The van der Waals surface area contributed by atoms with Crippen molar-refractivity contribution in [2.24, 2.45) is 0 Å². The summed E-state index contributed by atoms with van der Waals surface area (Å²) in [6.07, 6.45) is 5.04. The number of anilines is 1. The van der Waals surface area contributed by atoms with Crippen molar-refractivity contribution in [3.8, 4) is 0 Å². The number of thiazole rings is 1. The maximum absolute atomic E-state index is 9.57. The molecule has 1 unspecified atom stereocenters. The van der Waals surface area contributed by atoms with E-state index in [2.05, 4.69) is 32.6 Å². The van der Waals surface area contributed by atoms with Crippen LogP contribution in [0.2, 0.25) is 0 Å². The Labute approximate surface area is 120 Å². The van der Waals surface area contributed by atoms with Crippen molar-refractivity contribution in [3.05, 3.63) is 10.6 Å². The molecule has 0 amide bonds. The van der Waals surface area contributed by atoms with E-state index in [4.69, 9.17) is 4.98 Å². The first-order valence-electron chi connectivity index (χ1n) is 7.35. The molecule has 4 heteroatoms. The average Bonchev–Trinajstić information content (AvgIpc) is 2.82. The van der Waals surface area contributed by atoms with E-state index >= 15 is 0 Å². The third-order valence-corrected chi connectivity index (χ3v) is 4.96. The van der Waals surface area contributed by atoms with Gasteiger partial charge in [-0.3, -0.25) is 0 Å².